The summed E-state index contributed by atoms with van der Waals surface area (Å²) in [5.74, 6) is 0. The van der Waals surface area contributed by atoms with Crippen LogP contribution in [0.25, 0.3) is 0 Å². The average molecular weight is 260 g/mol. The van der Waals surface area contributed by atoms with Gasteiger partial charge in [-0.2, -0.15) is 0 Å². The molecule has 2 saturated heterocycles. The van der Waals surface area contributed by atoms with Crippen molar-refractivity contribution in [2.24, 2.45) is 0 Å². The summed E-state index contributed by atoms with van der Waals surface area (Å²) < 4.78 is 11.9. The summed E-state index contributed by atoms with van der Waals surface area (Å²) in [6.07, 6.45) is 4.65. The standard InChI is InChI=1S/C13H24O5/c14-6-1-2-11-8-13(9-16)12(17-11)4-3-10(18-13)5-7-15/h10-12,14-16H,1-9H2/t10-,11+,12+,13-/m1/s1. The van der Waals surface area contributed by atoms with Crippen LogP contribution < -0.4 is 0 Å². The van der Waals surface area contributed by atoms with Gasteiger partial charge in [0.15, 0.2) is 0 Å². The Morgan fingerprint density at radius 1 is 1.00 bits per heavy atom. The molecule has 0 aromatic rings. The molecule has 2 fully saturated rings. The van der Waals surface area contributed by atoms with E-state index in [1.54, 1.807) is 0 Å². The monoisotopic (exact) mass is 260 g/mol. The van der Waals surface area contributed by atoms with E-state index in [-0.39, 0.29) is 38.1 Å². The fourth-order valence-electron chi connectivity index (χ4n) is 3.14. The van der Waals surface area contributed by atoms with E-state index in [0.717, 1.165) is 25.7 Å². The topological polar surface area (TPSA) is 79.2 Å². The zero-order valence-electron chi connectivity index (χ0n) is 10.8. The molecule has 2 rings (SSSR count). The normalized spacial score (nSPS) is 39.8. The van der Waals surface area contributed by atoms with Crippen LogP contribution in [0, 0.1) is 0 Å². The molecule has 0 radical (unpaired) electrons. The minimum absolute atomic E-state index is 0.0265. The lowest BCUT2D eigenvalue weighted by atomic mass is 9.86. The maximum absolute atomic E-state index is 9.66. The average Bonchev–Trinajstić information content (AvgIpc) is 2.75. The number of aliphatic hydroxyl groups is 3. The summed E-state index contributed by atoms with van der Waals surface area (Å²) in [7, 11) is 0. The summed E-state index contributed by atoms with van der Waals surface area (Å²) in [6, 6.07) is 0. The highest BCUT2D eigenvalue weighted by atomic mass is 16.6. The van der Waals surface area contributed by atoms with Gasteiger partial charge in [-0.05, 0) is 32.1 Å². The molecule has 0 spiro atoms. The zero-order chi connectivity index (χ0) is 13.0. The SMILES string of the molecule is OCCC[C@H]1C[C@]2(CO)O[C@@H](CCO)CC[C@@H]2O1. The molecule has 5 heteroatoms. The predicted molar refractivity (Wildman–Crippen MR) is 65.2 cm³/mol. The van der Waals surface area contributed by atoms with Gasteiger partial charge >= 0.3 is 0 Å². The summed E-state index contributed by atoms with van der Waals surface area (Å²) >= 11 is 0. The molecule has 0 aromatic heterocycles. The van der Waals surface area contributed by atoms with E-state index in [1.807, 2.05) is 0 Å². The van der Waals surface area contributed by atoms with Crippen LogP contribution >= 0.6 is 0 Å². The highest BCUT2D eigenvalue weighted by Crippen LogP contribution is 2.42. The Labute approximate surface area is 108 Å². The van der Waals surface area contributed by atoms with Crippen LogP contribution in [0.3, 0.4) is 0 Å². The number of hydrogen-bond donors (Lipinski definition) is 3. The lowest BCUT2D eigenvalue weighted by molar-refractivity contribution is -0.185. The molecule has 2 heterocycles. The summed E-state index contributed by atoms with van der Waals surface area (Å²) in [5, 5.41) is 27.5. The molecule has 0 saturated carbocycles. The second kappa shape index (κ2) is 6.30. The van der Waals surface area contributed by atoms with Crippen LogP contribution in [0.1, 0.15) is 38.5 Å². The Kier molecular flexibility index (Phi) is 4.98. The van der Waals surface area contributed by atoms with E-state index in [1.165, 1.54) is 0 Å². The molecule has 18 heavy (non-hydrogen) atoms. The molecule has 2 aliphatic rings. The molecular weight excluding hydrogens is 236 g/mol. The Bertz CT molecular complexity index is 260. The van der Waals surface area contributed by atoms with Gasteiger partial charge in [0.1, 0.15) is 5.60 Å². The van der Waals surface area contributed by atoms with Crippen LogP contribution in [0.2, 0.25) is 0 Å². The van der Waals surface area contributed by atoms with Crippen LogP contribution in [0.4, 0.5) is 0 Å². The van der Waals surface area contributed by atoms with E-state index in [2.05, 4.69) is 0 Å². The van der Waals surface area contributed by atoms with Gasteiger partial charge < -0.3 is 24.8 Å². The van der Waals surface area contributed by atoms with Gasteiger partial charge in [-0.25, -0.2) is 0 Å². The van der Waals surface area contributed by atoms with Gasteiger partial charge in [0.2, 0.25) is 0 Å². The predicted octanol–water partition coefficient (Wildman–Crippen LogP) is 0.209. The Morgan fingerprint density at radius 3 is 2.50 bits per heavy atom. The molecule has 5 nitrogen and oxygen atoms in total. The number of aliphatic hydroxyl groups excluding tert-OH is 3. The molecule has 0 aromatic carbocycles. The Morgan fingerprint density at radius 2 is 1.83 bits per heavy atom. The largest absolute Gasteiger partial charge is 0.396 e. The van der Waals surface area contributed by atoms with E-state index in [9.17, 15) is 5.11 Å². The number of fused-ring (bicyclic) bond motifs is 1. The minimum Gasteiger partial charge on any atom is -0.396 e. The van der Waals surface area contributed by atoms with Crippen molar-refractivity contribution in [3.8, 4) is 0 Å². The summed E-state index contributed by atoms with van der Waals surface area (Å²) in [4.78, 5) is 0. The van der Waals surface area contributed by atoms with Gasteiger partial charge in [-0.15, -0.1) is 0 Å². The third kappa shape index (κ3) is 2.86. The van der Waals surface area contributed by atoms with Crippen LogP contribution in [-0.4, -0.2) is 59.1 Å². The first kappa shape index (κ1) is 14.2. The van der Waals surface area contributed by atoms with E-state index in [4.69, 9.17) is 19.7 Å². The lowest BCUT2D eigenvalue weighted by Gasteiger charge is -2.40. The molecule has 0 aliphatic carbocycles. The maximum Gasteiger partial charge on any atom is 0.120 e. The molecule has 106 valence electrons. The third-order valence-corrected chi connectivity index (χ3v) is 4.07. The second-order valence-corrected chi connectivity index (χ2v) is 5.37. The first-order chi connectivity index (χ1) is 8.74. The van der Waals surface area contributed by atoms with E-state index < -0.39 is 5.60 Å². The molecular formula is C13H24O5. The van der Waals surface area contributed by atoms with Crippen LogP contribution in [-0.2, 0) is 9.47 Å². The summed E-state index contributed by atoms with van der Waals surface area (Å²) in [6.45, 7) is 0.255. The fourth-order valence-corrected chi connectivity index (χ4v) is 3.14. The van der Waals surface area contributed by atoms with Gasteiger partial charge in [0, 0.05) is 19.6 Å². The van der Waals surface area contributed by atoms with E-state index in [0.29, 0.717) is 12.8 Å². The highest BCUT2D eigenvalue weighted by Gasteiger charge is 2.52. The second-order valence-electron chi connectivity index (χ2n) is 5.37. The molecule has 4 atom stereocenters. The summed E-state index contributed by atoms with van der Waals surface area (Å²) in [5.41, 5.74) is -0.585. The van der Waals surface area contributed by atoms with Crippen molar-refractivity contribution in [3.05, 3.63) is 0 Å². The number of hydrogen-bond acceptors (Lipinski definition) is 5. The van der Waals surface area contributed by atoms with Gasteiger partial charge in [-0.1, -0.05) is 0 Å². The number of ether oxygens (including phenoxy) is 2. The highest BCUT2D eigenvalue weighted by molar-refractivity contribution is 5.01. The minimum atomic E-state index is -0.585. The lowest BCUT2D eigenvalue weighted by Crippen LogP contribution is -2.51. The smallest absolute Gasteiger partial charge is 0.120 e. The van der Waals surface area contributed by atoms with Crippen molar-refractivity contribution in [2.45, 2.75) is 62.4 Å². The first-order valence-corrected chi connectivity index (χ1v) is 6.90. The molecule has 2 aliphatic heterocycles. The molecule has 3 N–H and O–H groups in total. The van der Waals surface area contributed by atoms with E-state index >= 15 is 0 Å². The van der Waals surface area contributed by atoms with Crippen molar-refractivity contribution < 1.29 is 24.8 Å². The van der Waals surface area contributed by atoms with Crippen molar-refractivity contribution >= 4 is 0 Å². The Balaban J connectivity index is 1.96. The van der Waals surface area contributed by atoms with Crippen molar-refractivity contribution in [3.63, 3.8) is 0 Å². The Hall–Kier alpha value is -0.200. The first-order valence-electron chi connectivity index (χ1n) is 6.90. The fraction of sp³-hybridized carbons (Fsp3) is 1.00. The molecule has 0 bridgehead atoms. The third-order valence-electron chi connectivity index (χ3n) is 4.07. The quantitative estimate of drug-likeness (QED) is 0.636. The van der Waals surface area contributed by atoms with Crippen molar-refractivity contribution in [2.75, 3.05) is 19.8 Å². The molecule has 0 unspecified atom stereocenters. The van der Waals surface area contributed by atoms with Crippen molar-refractivity contribution in [1.29, 1.82) is 0 Å². The van der Waals surface area contributed by atoms with Gasteiger partial charge in [0.25, 0.3) is 0 Å². The van der Waals surface area contributed by atoms with Crippen LogP contribution in [0.15, 0.2) is 0 Å². The zero-order valence-corrected chi connectivity index (χ0v) is 10.8. The maximum atomic E-state index is 9.66. The van der Waals surface area contributed by atoms with Crippen LogP contribution in [0.5, 0.6) is 0 Å². The van der Waals surface area contributed by atoms with Crippen molar-refractivity contribution in [1.82, 2.24) is 0 Å². The molecule has 0 amide bonds. The number of rotatable bonds is 6. The van der Waals surface area contributed by atoms with Gasteiger partial charge in [-0.3, -0.25) is 0 Å². The van der Waals surface area contributed by atoms with Gasteiger partial charge in [0.05, 0.1) is 24.9 Å².